The maximum absolute atomic E-state index is 10.8. The molecule has 15 heavy (non-hydrogen) atoms. The zero-order valence-corrected chi connectivity index (χ0v) is 8.14. The summed E-state index contributed by atoms with van der Waals surface area (Å²) in [5.74, 6) is -0.409. The Hall–Kier alpha value is -1.81. The third-order valence-electron chi connectivity index (χ3n) is 2.33. The van der Waals surface area contributed by atoms with Crippen molar-refractivity contribution in [2.24, 2.45) is 11.5 Å². The predicted octanol–water partition coefficient (Wildman–Crippen LogP) is 1.31. The molecule has 2 aromatic rings. The second-order valence-corrected chi connectivity index (χ2v) is 3.46. The normalized spacial score (nSPS) is 12.9. The highest BCUT2D eigenvalue weighted by Gasteiger charge is 2.14. The van der Waals surface area contributed by atoms with Crippen molar-refractivity contribution in [3.8, 4) is 0 Å². The summed E-state index contributed by atoms with van der Waals surface area (Å²) in [6, 6.07) is 7.16. The van der Waals surface area contributed by atoms with Crippen LogP contribution in [0.2, 0.25) is 0 Å². The Labute approximate surface area is 86.8 Å². The van der Waals surface area contributed by atoms with Crippen molar-refractivity contribution < 1.29 is 9.21 Å². The van der Waals surface area contributed by atoms with Crippen LogP contribution in [-0.4, -0.2) is 5.91 Å². The molecule has 1 atom stereocenters. The van der Waals surface area contributed by atoms with E-state index in [4.69, 9.17) is 15.9 Å². The molecule has 0 spiro atoms. The number of rotatable bonds is 3. The highest BCUT2D eigenvalue weighted by Crippen LogP contribution is 2.26. The van der Waals surface area contributed by atoms with Gasteiger partial charge in [-0.1, -0.05) is 18.2 Å². The molecule has 4 heteroatoms. The molecule has 0 aliphatic heterocycles. The highest BCUT2D eigenvalue weighted by molar-refractivity contribution is 5.82. The van der Waals surface area contributed by atoms with Crippen LogP contribution in [0, 0.1) is 0 Å². The summed E-state index contributed by atoms with van der Waals surface area (Å²) in [4.78, 5) is 10.8. The second kappa shape index (κ2) is 3.74. The Bertz CT molecular complexity index is 490. The minimum Gasteiger partial charge on any atom is -0.464 e. The monoisotopic (exact) mass is 204 g/mol. The quantitative estimate of drug-likeness (QED) is 0.790. The van der Waals surface area contributed by atoms with Crippen molar-refractivity contribution in [1.29, 1.82) is 0 Å². The van der Waals surface area contributed by atoms with Crippen molar-refractivity contribution in [3.05, 3.63) is 36.1 Å². The predicted molar refractivity (Wildman–Crippen MR) is 57.0 cm³/mol. The summed E-state index contributed by atoms with van der Waals surface area (Å²) in [5, 5.41) is 0.936. The van der Waals surface area contributed by atoms with Gasteiger partial charge in [0.25, 0.3) is 0 Å². The molecule has 0 aliphatic carbocycles. The summed E-state index contributed by atoms with van der Waals surface area (Å²) in [6.07, 6.45) is 1.71. The standard InChI is InChI=1S/C11H12N2O2/c12-9(5-11(13)14)8-6-15-10-4-2-1-3-7(8)10/h1-4,6,9H,5,12H2,(H2,13,14)/t9-/m0/s1. The molecule has 0 bridgehead atoms. The number of nitrogens with two attached hydrogens (primary N) is 2. The van der Waals surface area contributed by atoms with Gasteiger partial charge in [0.05, 0.1) is 6.26 Å². The van der Waals surface area contributed by atoms with Gasteiger partial charge in [-0.15, -0.1) is 0 Å². The van der Waals surface area contributed by atoms with Crippen LogP contribution in [0.1, 0.15) is 18.0 Å². The van der Waals surface area contributed by atoms with Crippen molar-refractivity contribution >= 4 is 16.9 Å². The van der Waals surface area contributed by atoms with E-state index in [0.29, 0.717) is 0 Å². The molecule has 1 aromatic heterocycles. The first-order valence-electron chi connectivity index (χ1n) is 4.68. The minimum atomic E-state index is -0.409. The van der Waals surface area contributed by atoms with Gasteiger partial charge in [0, 0.05) is 23.4 Å². The number of carbonyl (C=O) groups excluding carboxylic acids is 1. The van der Waals surface area contributed by atoms with Crippen LogP contribution in [0.4, 0.5) is 0 Å². The number of carbonyl (C=O) groups is 1. The van der Waals surface area contributed by atoms with Gasteiger partial charge in [-0.2, -0.15) is 0 Å². The Morgan fingerprint density at radius 2 is 2.13 bits per heavy atom. The molecule has 0 radical (unpaired) electrons. The van der Waals surface area contributed by atoms with Gasteiger partial charge in [-0.25, -0.2) is 0 Å². The van der Waals surface area contributed by atoms with Crippen molar-refractivity contribution in [3.63, 3.8) is 0 Å². The number of fused-ring (bicyclic) bond motifs is 1. The summed E-state index contributed by atoms with van der Waals surface area (Å²) in [6.45, 7) is 0. The lowest BCUT2D eigenvalue weighted by Gasteiger charge is -2.06. The van der Waals surface area contributed by atoms with Crippen molar-refractivity contribution in [2.45, 2.75) is 12.5 Å². The van der Waals surface area contributed by atoms with Crippen molar-refractivity contribution in [1.82, 2.24) is 0 Å². The molecule has 0 saturated heterocycles. The fourth-order valence-corrected chi connectivity index (χ4v) is 1.61. The third kappa shape index (κ3) is 1.85. The van der Waals surface area contributed by atoms with Crippen LogP contribution in [0.15, 0.2) is 34.9 Å². The first-order valence-corrected chi connectivity index (χ1v) is 4.68. The largest absolute Gasteiger partial charge is 0.464 e. The van der Waals surface area contributed by atoms with Gasteiger partial charge < -0.3 is 15.9 Å². The molecule has 78 valence electrons. The van der Waals surface area contributed by atoms with E-state index in [-0.39, 0.29) is 6.42 Å². The van der Waals surface area contributed by atoms with Gasteiger partial charge in [-0.3, -0.25) is 4.79 Å². The fourth-order valence-electron chi connectivity index (χ4n) is 1.61. The summed E-state index contributed by atoms with van der Waals surface area (Å²) >= 11 is 0. The maximum Gasteiger partial charge on any atom is 0.219 e. The lowest BCUT2D eigenvalue weighted by atomic mass is 10.0. The van der Waals surface area contributed by atoms with Crippen LogP contribution >= 0.6 is 0 Å². The number of hydrogen-bond acceptors (Lipinski definition) is 3. The Morgan fingerprint density at radius 1 is 1.40 bits per heavy atom. The zero-order valence-electron chi connectivity index (χ0n) is 8.14. The van der Waals surface area contributed by atoms with E-state index in [9.17, 15) is 4.79 Å². The molecule has 0 fully saturated rings. The molecule has 1 aromatic carbocycles. The van der Waals surface area contributed by atoms with Gasteiger partial charge in [0.1, 0.15) is 5.58 Å². The van der Waals surface area contributed by atoms with E-state index >= 15 is 0 Å². The molecule has 4 N–H and O–H groups in total. The average molecular weight is 204 g/mol. The van der Waals surface area contributed by atoms with Crippen LogP contribution in [0.5, 0.6) is 0 Å². The molecular weight excluding hydrogens is 192 g/mol. The van der Waals surface area contributed by atoms with Gasteiger partial charge in [-0.05, 0) is 6.07 Å². The van der Waals surface area contributed by atoms with Crippen LogP contribution < -0.4 is 11.5 Å². The number of amides is 1. The van der Waals surface area contributed by atoms with E-state index in [1.807, 2.05) is 24.3 Å². The van der Waals surface area contributed by atoms with Gasteiger partial charge in [0.15, 0.2) is 0 Å². The summed E-state index contributed by atoms with van der Waals surface area (Å²) in [7, 11) is 0. The van der Waals surface area contributed by atoms with Gasteiger partial charge >= 0.3 is 0 Å². The molecule has 0 saturated carbocycles. The van der Waals surface area contributed by atoms with Crippen LogP contribution in [0.3, 0.4) is 0 Å². The Balaban J connectivity index is 2.39. The first kappa shape index (κ1) is 9.73. The van der Waals surface area contributed by atoms with Crippen LogP contribution in [-0.2, 0) is 4.79 Å². The molecule has 1 heterocycles. The summed E-state index contributed by atoms with van der Waals surface area (Å²) in [5.41, 5.74) is 12.5. The third-order valence-corrected chi connectivity index (χ3v) is 2.33. The molecular formula is C11H12N2O2. The minimum absolute atomic E-state index is 0.128. The second-order valence-electron chi connectivity index (χ2n) is 3.46. The number of furan rings is 1. The van der Waals surface area contributed by atoms with E-state index < -0.39 is 11.9 Å². The topological polar surface area (TPSA) is 82.2 Å². The molecule has 0 aliphatic rings. The number of para-hydroxylation sites is 1. The smallest absolute Gasteiger partial charge is 0.219 e. The number of primary amides is 1. The lowest BCUT2D eigenvalue weighted by molar-refractivity contribution is -0.118. The Morgan fingerprint density at radius 3 is 2.87 bits per heavy atom. The SMILES string of the molecule is NC(=O)C[C@H](N)c1coc2ccccc12. The average Bonchev–Trinajstić information content (AvgIpc) is 2.59. The fraction of sp³-hybridized carbons (Fsp3) is 0.182. The van der Waals surface area contributed by atoms with Crippen LogP contribution in [0.25, 0.3) is 11.0 Å². The maximum atomic E-state index is 10.8. The highest BCUT2D eigenvalue weighted by atomic mass is 16.3. The molecule has 4 nitrogen and oxygen atoms in total. The van der Waals surface area contributed by atoms with E-state index in [1.165, 1.54) is 0 Å². The van der Waals surface area contributed by atoms with Crippen molar-refractivity contribution in [2.75, 3.05) is 0 Å². The lowest BCUT2D eigenvalue weighted by Crippen LogP contribution is -2.20. The van der Waals surface area contributed by atoms with E-state index in [2.05, 4.69) is 0 Å². The zero-order chi connectivity index (χ0) is 10.8. The summed E-state index contributed by atoms with van der Waals surface area (Å²) < 4.78 is 5.32. The molecule has 0 unspecified atom stereocenters. The molecule has 1 amide bonds. The van der Waals surface area contributed by atoms with E-state index in [0.717, 1.165) is 16.5 Å². The number of benzene rings is 1. The Kier molecular flexibility index (Phi) is 2.43. The van der Waals surface area contributed by atoms with Gasteiger partial charge in [0.2, 0.25) is 5.91 Å². The molecule has 2 rings (SSSR count). The number of hydrogen-bond donors (Lipinski definition) is 2. The first-order chi connectivity index (χ1) is 7.18. The van der Waals surface area contributed by atoms with E-state index in [1.54, 1.807) is 6.26 Å².